The van der Waals surface area contributed by atoms with Crippen molar-refractivity contribution < 1.29 is 19.7 Å². The van der Waals surface area contributed by atoms with E-state index >= 15 is 0 Å². The van der Waals surface area contributed by atoms with Crippen molar-refractivity contribution in [3.63, 3.8) is 0 Å². The molecule has 1 aliphatic carbocycles. The number of amides is 1. The van der Waals surface area contributed by atoms with Crippen LogP contribution in [0.3, 0.4) is 0 Å². The molecule has 2 N–H and O–H groups in total. The number of carbonyl (C=O) groups excluding carboxylic acids is 1. The van der Waals surface area contributed by atoms with Crippen LogP contribution in [0.5, 0.6) is 0 Å². The van der Waals surface area contributed by atoms with E-state index in [1.807, 2.05) is 20.8 Å². The van der Waals surface area contributed by atoms with Gasteiger partial charge in [0.1, 0.15) is 5.60 Å². The molecule has 2 rings (SSSR count). The molecule has 1 saturated heterocycles. The van der Waals surface area contributed by atoms with E-state index in [1.54, 1.807) is 4.90 Å². The second-order valence-electron chi connectivity index (χ2n) is 6.91. The van der Waals surface area contributed by atoms with Crippen molar-refractivity contribution in [2.24, 2.45) is 5.41 Å². The zero-order valence-electron chi connectivity index (χ0n) is 12.1. The first-order valence-corrected chi connectivity index (χ1v) is 7.06. The van der Waals surface area contributed by atoms with Crippen LogP contribution in [0.1, 0.15) is 46.5 Å². The number of hydrogen-bond acceptors (Lipinski definition) is 4. The smallest absolute Gasteiger partial charge is 0.410 e. The van der Waals surface area contributed by atoms with E-state index in [2.05, 4.69) is 0 Å². The van der Waals surface area contributed by atoms with Crippen molar-refractivity contribution in [2.45, 2.75) is 64.2 Å². The van der Waals surface area contributed by atoms with Crippen molar-refractivity contribution in [3.05, 3.63) is 0 Å². The molecule has 1 heterocycles. The van der Waals surface area contributed by atoms with Gasteiger partial charge in [-0.15, -0.1) is 0 Å². The minimum Gasteiger partial charge on any atom is -0.444 e. The molecule has 0 aromatic rings. The number of likely N-dealkylation sites (tertiary alicyclic amines) is 1. The van der Waals surface area contributed by atoms with Gasteiger partial charge in [0.25, 0.3) is 0 Å². The molecule has 5 heteroatoms. The van der Waals surface area contributed by atoms with Gasteiger partial charge in [-0.1, -0.05) is 6.42 Å². The lowest BCUT2D eigenvalue weighted by atomic mass is 9.61. The highest BCUT2D eigenvalue weighted by atomic mass is 16.6. The summed E-state index contributed by atoms with van der Waals surface area (Å²) in [5.41, 5.74) is -0.706. The highest BCUT2D eigenvalue weighted by Crippen LogP contribution is 2.48. The molecule has 0 radical (unpaired) electrons. The Morgan fingerprint density at radius 2 is 2.05 bits per heavy atom. The number of nitrogens with zero attached hydrogens (tertiary/aromatic N) is 1. The third kappa shape index (κ3) is 2.87. The summed E-state index contributed by atoms with van der Waals surface area (Å²) < 4.78 is 5.40. The lowest BCUT2D eigenvalue weighted by molar-refractivity contribution is -0.117. The Hall–Kier alpha value is -0.810. The average molecular weight is 271 g/mol. The van der Waals surface area contributed by atoms with Crippen LogP contribution in [0.4, 0.5) is 4.79 Å². The van der Waals surface area contributed by atoms with Crippen molar-refractivity contribution in [1.29, 1.82) is 0 Å². The Morgan fingerprint density at radius 1 is 1.42 bits per heavy atom. The number of ether oxygens (including phenoxy) is 1. The number of aliphatic hydroxyl groups is 2. The summed E-state index contributed by atoms with van der Waals surface area (Å²) in [6, 6.07) is -0.337. The van der Waals surface area contributed by atoms with Crippen LogP contribution >= 0.6 is 0 Å². The zero-order chi connectivity index (χ0) is 14.3. The van der Waals surface area contributed by atoms with E-state index in [1.165, 1.54) is 0 Å². The molecule has 2 unspecified atom stereocenters. The largest absolute Gasteiger partial charge is 0.444 e. The molecule has 19 heavy (non-hydrogen) atoms. The number of rotatable bonds is 1. The second kappa shape index (κ2) is 4.94. The third-order valence-corrected chi connectivity index (χ3v) is 4.32. The van der Waals surface area contributed by atoms with Crippen LogP contribution < -0.4 is 0 Å². The van der Waals surface area contributed by atoms with Crippen molar-refractivity contribution in [1.82, 2.24) is 4.90 Å². The molecule has 2 atom stereocenters. The molecule has 2 fully saturated rings. The molecule has 1 aliphatic heterocycles. The summed E-state index contributed by atoms with van der Waals surface area (Å²) in [6.07, 6.45) is 2.64. The maximum absolute atomic E-state index is 12.2. The molecule has 1 amide bonds. The fraction of sp³-hybridized carbons (Fsp3) is 0.929. The summed E-state index contributed by atoms with van der Waals surface area (Å²) >= 11 is 0. The summed E-state index contributed by atoms with van der Waals surface area (Å²) in [5, 5.41) is 19.7. The first kappa shape index (κ1) is 14.6. The monoisotopic (exact) mass is 271 g/mol. The molecule has 0 bridgehead atoms. The molecule has 5 nitrogen and oxygen atoms in total. The van der Waals surface area contributed by atoms with Crippen molar-refractivity contribution >= 4 is 6.09 Å². The number of piperidine rings is 1. The van der Waals surface area contributed by atoms with Crippen molar-refractivity contribution in [2.75, 3.05) is 13.2 Å². The van der Waals surface area contributed by atoms with E-state index in [4.69, 9.17) is 4.74 Å². The van der Waals surface area contributed by atoms with Crippen molar-refractivity contribution in [3.8, 4) is 0 Å². The van der Waals surface area contributed by atoms with Gasteiger partial charge in [-0.05, 0) is 40.0 Å². The van der Waals surface area contributed by atoms with Crippen LogP contribution in [0.2, 0.25) is 0 Å². The Morgan fingerprint density at radius 3 is 2.47 bits per heavy atom. The van der Waals surface area contributed by atoms with E-state index in [0.29, 0.717) is 13.0 Å². The van der Waals surface area contributed by atoms with Gasteiger partial charge < -0.3 is 19.8 Å². The standard InChI is InChI=1S/C14H25NO4/c1-13(2,3)19-12(18)15-9-14(5-4-6-14)11(17)7-10(15)8-16/h10-11,16-17H,4-9H2,1-3H3. The minimum absolute atomic E-state index is 0.133. The Labute approximate surface area is 114 Å². The predicted octanol–water partition coefficient (Wildman–Crippen LogP) is 1.52. The van der Waals surface area contributed by atoms with E-state index in [9.17, 15) is 15.0 Å². The van der Waals surface area contributed by atoms with Crippen LogP contribution in [0.15, 0.2) is 0 Å². The van der Waals surface area contributed by atoms with Gasteiger partial charge in [0, 0.05) is 12.0 Å². The van der Waals surface area contributed by atoms with Gasteiger partial charge in [0.05, 0.1) is 18.8 Å². The van der Waals surface area contributed by atoms with Gasteiger partial charge in [0.15, 0.2) is 0 Å². The summed E-state index contributed by atoms with van der Waals surface area (Å²) in [5.74, 6) is 0. The highest BCUT2D eigenvalue weighted by Gasteiger charge is 2.51. The second-order valence-corrected chi connectivity index (χ2v) is 6.91. The number of carbonyl (C=O) groups is 1. The van der Waals surface area contributed by atoms with Gasteiger partial charge in [-0.3, -0.25) is 0 Å². The molecular weight excluding hydrogens is 246 g/mol. The molecule has 110 valence electrons. The fourth-order valence-corrected chi connectivity index (χ4v) is 3.04. The van der Waals surface area contributed by atoms with Crippen LogP contribution in [0, 0.1) is 5.41 Å². The van der Waals surface area contributed by atoms with E-state index in [-0.39, 0.29) is 24.2 Å². The molecular formula is C14H25NO4. The normalized spacial score (nSPS) is 30.1. The fourth-order valence-electron chi connectivity index (χ4n) is 3.04. The lowest BCUT2D eigenvalue weighted by Gasteiger charge is -2.54. The Kier molecular flexibility index (Phi) is 3.80. The number of aliphatic hydroxyl groups excluding tert-OH is 2. The molecule has 2 aliphatic rings. The Balaban J connectivity index is 2.10. The van der Waals surface area contributed by atoms with Gasteiger partial charge in [-0.2, -0.15) is 0 Å². The predicted molar refractivity (Wildman–Crippen MR) is 70.7 cm³/mol. The number of hydrogen-bond donors (Lipinski definition) is 2. The maximum Gasteiger partial charge on any atom is 0.410 e. The molecule has 0 aromatic carbocycles. The van der Waals surface area contributed by atoms with E-state index in [0.717, 1.165) is 19.3 Å². The molecule has 1 saturated carbocycles. The first-order valence-electron chi connectivity index (χ1n) is 7.06. The minimum atomic E-state index is -0.542. The van der Waals surface area contributed by atoms with Crippen LogP contribution in [0.25, 0.3) is 0 Å². The zero-order valence-corrected chi connectivity index (χ0v) is 12.1. The Bertz CT molecular complexity index is 346. The van der Waals surface area contributed by atoms with E-state index < -0.39 is 11.7 Å². The topological polar surface area (TPSA) is 70.0 Å². The third-order valence-electron chi connectivity index (χ3n) is 4.32. The van der Waals surface area contributed by atoms with Gasteiger partial charge in [0.2, 0.25) is 0 Å². The van der Waals surface area contributed by atoms with Crippen LogP contribution in [-0.2, 0) is 4.74 Å². The molecule has 1 spiro atoms. The maximum atomic E-state index is 12.2. The summed E-state index contributed by atoms with van der Waals surface area (Å²) in [7, 11) is 0. The van der Waals surface area contributed by atoms with Crippen LogP contribution in [-0.4, -0.2) is 52.1 Å². The molecule has 0 aromatic heterocycles. The SMILES string of the molecule is CC(C)(C)OC(=O)N1CC2(CCC2)C(O)CC1CO. The quantitative estimate of drug-likeness (QED) is 0.758. The lowest BCUT2D eigenvalue weighted by Crippen LogP contribution is -2.61. The van der Waals surface area contributed by atoms with Gasteiger partial charge in [-0.25, -0.2) is 4.79 Å². The average Bonchev–Trinajstić information content (AvgIpc) is 2.23. The first-order chi connectivity index (χ1) is 8.77. The van der Waals surface area contributed by atoms with Gasteiger partial charge >= 0.3 is 6.09 Å². The summed E-state index contributed by atoms with van der Waals surface area (Å²) in [4.78, 5) is 13.8. The summed E-state index contributed by atoms with van der Waals surface area (Å²) in [6.45, 7) is 5.85. The highest BCUT2D eigenvalue weighted by molar-refractivity contribution is 5.69.